The van der Waals surface area contributed by atoms with Crippen molar-refractivity contribution < 1.29 is 12.8 Å². The van der Waals surface area contributed by atoms with Crippen molar-refractivity contribution in [2.45, 2.75) is 9.79 Å². The van der Waals surface area contributed by atoms with Gasteiger partial charge in [-0.2, -0.15) is 0 Å². The lowest BCUT2D eigenvalue weighted by atomic mass is 10.2. The van der Waals surface area contributed by atoms with Crippen LogP contribution in [0, 0.1) is 5.82 Å². The van der Waals surface area contributed by atoms with Crippen molar-refractivity contribution in [3.8, 4) is 0 Å². The Morgan fingerprint density at radius 2 is 1.36 bits per heavy atom. The number of sulfone groups is 1. The Kier molecular flexibility index (Phi) is 5.36. The Labute approximate surface area is 150 Å². The summed E-state index contributed by atoms with van der Waals surface area (Å²) in [5, 5.41) is 1.27. The van der Waals surface area contributed by atoms with E-state index < -0.39 is 9.84 Å². The molecule has 0 amide bonds. The van der Waals surface area contributed by atoms with E-state index in [1.807, 2.05) is 30.3 Å². The summed E-state index contributed by atoms with van der Waals surface area (Å²) in [5.74, 6) is -0.327. The van der Waals surface area contributed by atoms with Crippen LogP contribution in [0.2, 0.25) is 0 Å². The van der Waals surface area contributed by atoms with E-state index in [-0.39, 0.29) is 10.7 Å². The average Bonchev–Trinajstić information content (AvgIpc) is 2.64. The molecule has 25 heavy (non-hydrogen) atoms. The summed E-state index contributed by atoms with van der Waals surface area (Å²) in [6, 6.07) is 23.5. The summed E-state index contributed by atoms with van der Waals surface area (Å²) in [7, 11) is -3.59. The zero-order valence-corrected chi connectivity index (χ0v) is 14.8. The Bertz CT molecular complexity index is 965. The molecule has 0 heterocycles. The molecule has 0 spiro atoms. The van der Waals surface area contributed by atoms with Crippen LogP contribution in [0.15, 0.2) is 100 Å². The smallest absolute Gasteiger partial charge is 0.200 e. The standard InChI is InChI=1S/C20H15FO2S2/c21-17-11-13-18(14-12-17)24-20(16-7-3-1-4-8-16)15-25(22,23)19-9-5-2-6-10-19/h1-15H/b20-15+. The van der Waals surface area contributed by atoms with Gasteiger partial charge in [0, 0.05) is 9.80 Å². The Balaban J connectivity index is 2.03. The highest BCUT2D eigenvalue weighted by Crippen LogP contribution is 2.35. The van der Waals surface area contributed by atoms with Crippen molar-refractivity contribution in [3.05, 3.63) is 102 Å². The van der Waals surface area contributed by atoms with Crippen molar-refractivity contribution >= 4 is 26.5 Å². The van der Waals surface area contributed by atoms with Crippen LogP contribution in [-0.2, 0) is 9.84 Å². The van der Waals surface area contributed by atoms with Crippen LogP contribution in [0.1, 0.15) is 5.56 Å². The monoisotopic (exact) mass is 370 g/mol. The van der Waals surface area contributed by atoms with E-state index in [0.29, 0.717) is 4.91 Å². The van der Waals surface area contributed by atoms with Gasteiger partial charge in [0.1, 0.15) is 5.82 Å². The molecule has 0 radical (unpaired) electrons. The zero-order chi connectivity index (χ0) is 17.7. The van der Waals surface area contributed by atoms with Gasteiger partial charge in [-0.1, -0.05) is 60.3 Å². The third-order valence-electron chi connectivity index (χ3n) is 3.43. The molecule has 2 nitrogen and oxygen atoms in total. The first-order chi connectivity index (χ1) is 12.0. The van der Waals surface area contributed by atoms with Crippen LogP contribution in [0.4, 0.5) is 4.39 Å². The Morgan fingerprint density at radius 3 is 1.96 bits per heavy atom. The van der Waals surface area contributed by atoms with Gasteiger partial charge in [0.25, 0.3) is 0 Å². The summed E-state index contributed by atoms with van der Waals surface area (Å²) >= 11 is 1.29. The van der Waals surface area contributed by atoms with E-state index in [9.17, 15) is 12.8 Å². The van der Waals surface area contributed by atoms with Crippen LogP contribution in [0.5, 0.6) is 0 Å². The first-order valence-corrected chi connectivity index (χ1v) is 9.91. The van der Waals surface area contributed by atoms with Crippen molar-refractivity contribution in [3.63, 3.8) is 0 Å². The molecular formula is C20H15FO2S2. The molecule has 3 aromatic rings. The minimum atomic E-state index is -3.59. The molecule has 0 aliphatic rings. The van der Waals surface area contributed by atoms with Gasteiger partial charge in [-0.3, -0.25) is 0 Å². The van der Waals surface area contributed by atoms with E-state index >= 15 is 0 Å². The summed E-state index contributed by atoms with van der Waals surface area (Å²) in [6.07, 6.45) is 0. The molecule has 3 rings (SSSR count). The minimum absolute atomic E-state index is 0.239. The van der Waals surface area contributed by atoms with Crippen LogP contribution in [-0.4, -0.2) is 8.42 Å². The van der Waals surface area contributed by atoms with Crippen molar-refractivity contribution in [1.29, 1.82) is 0 Å². The minimum Gasteiger partial charge on any atom is -0.219 e. The second kappa shape index (κ2) is 7.68. The maximum atomic E-state index is 13.1. The highest BCUT2D eigenvalue weighted by atomic mass is 32.2. The van der Waals surface area contributed by atoms with Crippen molar-refractivity contribution in [1.82, 2.24) is 0 Å². The van der Waals surface area contributed by atoms with Gasteiger partial charge in [0.15, 0.2) is 0 Å². The first-order valence-electron chi connectivity index (χ1n) is 7.55. The normalized spacial score (nSPS) is 12.1. The van der Waals surface area contributed by atoms with Crippen molar-refractivity contribution in [2.75, 3.05) is 0 Å². The number of thioether (sulfide) groups is 1. The van der Waals surface area contributed by atoms with E-state index in [1.54, 1.807) is 42.5 Å². The molecule has 126 valence electrons. The molecule has 0 fully saturated rings. The summed E-state index contributed by atoms with van der Waals surface area (Å²) in [4.78, 5) is 1.58. The first kappa shape index (κ1) is 17.5. The van der Waals surface area contributed by atoms with Gasteiger partial charge in [0.2, 0.25) is 9.84 Å². The van der Waals surface area contributed by atoms with E-state index in [4.69, 9.17) is 0 Å². The molecule has 0 N–H and O–H groups in total. The fraction of sp³-hybridized carbons (Fsp3) is 0. The number of hydrogen-bond donors (Lipinski definition) is 0. The second-order valence-electron chi connectivity index (χ2n) is 5.26. The molecule has 0 bridgehead atoms. The quantitative estimate of drug-likeness (QED) is 0.565. The van der Waals surface area contributed by atoms with E-state index in [0.717, 1.165) is 10.5 Å². The second-order valence-corrected chi connectivity index (χ2v) is 8.17. The lowest BCUT2D eigenvalue weighted by Crippen LogP contribution is -1.97. The molecule has 0 unspecified atom stereocenters. The number of benzene rings is 3. The topological polar surface area (TPSA) is 34.1 Å². The third kappa shape index (κ3) is 4.59. The molecule has 0 aromatic heterocycles. The van der Waals surface area contributed by atoms with Crippen molar-refractivity contribution in [2.24, 2.45) is 0 Å². The molecule has 5 heteroatoms. The maximum absolute atomic E-state index is 13.1. The summed E-state index contributed by atoms with van der Waals surface area (Å²) in [5.41, 5.74) is 0.788. The van der Waals surface area contributed by atoms with Gasteiger partial charge < -0.3 is 0 Å². The van der Waals surface area contributed by atoms with Crippen LogP contribution < -0.4 is 0 Å². The SMILES string of the molecule is O=S(=O)(/C=C(/Sc1ccc(F)cc1)c1ccccc1)c1ccccc1. The Hall–Kier alpha value is -2.37. The predicted octanol–water partition coefficient (Wildman–Crippen LogP) is 5.39. The van der Waals surface area contributed by atoms with Gasteiger partial charge in [-0.15, -0.1) is 0 Å². The van der Waals surface area contributed by atoms with E-state index in [2.05, 4.69) is 0 Å². The average molecular weight is 370 g/mol. The van der Waals surface area contributed by atoms with Gasteiger partial charge in [-0.05, 0) is 42.0 Å². The molecule has 0 aliphatic carbocycles. The maximum Gasteiger partial charge on any atom is 0.200 e. The van der Waals surface area contributed by atoms with Gasteiger partial charge in [-0.25, -0.2) is 12.8 Å². The van der Waals surface area contributed by atoms with Crippen LogP contribution in [0.25, 0.3) is 4.91 Å². The molecule has 0 saturated carbocycles. The molecule has 0 saturated heterocycles. The predicted molar refractivity (Wildman–Crippen MR) is 100 cm³/mol. The molecule has 3 aromatic carbocycles. The fourth-order valence-electron chi connectivity index (χ4n) is 2.20. The summed E-state index contributed by atoms with van der Waals surface area (Å²) in [6.45, 7) is 0. The number of halogens is 1. The van der Waals surface area contributed by atoms with Crippen LogP contribution >= 0.6 is 11.8 Å². The van der Waals surface area contributed by atoms with E-state index in [1.165, 1.54) is 29.3 Å². The lowest BCUT2D eigenvalue weighted by molar-refractivity contribution is 0.604. The highest BCUT2D eigenvalue weighted by Gasteiger charge is 2.14. The largest absolute Gasteiger partial charge is 0.219 e. The lowest BCUT2D eigenvalue weighted by Gasteiger charge is -2.09. The zero-order valence-electron chi connectivity index (χ0n) is 13.2. The number of rotatable bonds is 5. The van der Waals surface area contributed by atoms with Crippen LogP contribution in [0.3, 0.4) is 0 Å². The fourth-order valence-corrected chi connectivity index (χ4v) is 4.65. The van der Waals surface area contributed by atoms with Gasteiger partial charge >= 0.3 is 0 Å². The molecule has 0 aliphatic heterocycles. The highest BCUT2D eigenvalue weighted by molar-refractivity contribution is 8.09. The Morgan fingerprint density at radius 1 is 0.800 bits per heavy atom. The van der Waals surface area contributed by atoms with Gasteiger partial charge in [0.05, 0.1) is 10.3 Å². The molecule has 0 atom stereocenters. The number of hydrogen-bond acceptors (Lipinski definition) is 3. The third-order valence-corrected chi connectivity index (χ3v) is 6.14. The molecular weight excluding hydrogens is 355 g/mol. The summed E-state index contributed by atoms with van der Waals surface area (Å²) < 4.78 is 38.5.